The van der Waals surface area contributed by atoms with Crippen molar-refractivity contribution in [3.05, 3.63) is 36.5 Å². The zero-order valence-corrected chi connectivity index (χ0v) is 28.3. The minimum absolute atomic E-state index is 0.380. The van der Waals surface area contributed by atoms with E-state index >= 15 is 0 Å². The van der Waals surface area contributed by atoms with Crippen LogP contribution in [0.5, 0.6) is 0 Å². The lowest BCUT2D eigenvalue weighted by Crippen LogP contribution is -2.48. The van der Waals surface area contributed by atoms with E-state index in [2.05, 4.69) is 43.5 Å². The third-order valence-corrected chi connectivity index (χ3v) is 8.21. The Morgan fingerprint density at radius 3 is 1.42 bits per heavy atom. The van der Waals surface area contributed by atoms with Gasteiger partial charge in [0, 0.05) is 0 Å². The van der Waals surface area contributed by atoms with Gasteiger partial charge in [-0.1, -0.05) is 166 Å². The number of aliphatic hydroxyl groups is 3. The summed E-state index contributed by atoms with van der Waals surface area (Å²) in [5, 5.41) is 32.8. The molecule has 0 aromatic heterocycles. The van der Waals surface area contributed by atoms with Crippen LogP contribution in [0.1, 0.15) is 174 Å². The van der Waals surface area contributed by atoms with E-state index in [9.17, 15) is 20.1 Å². The fourth-order valence-electron chi connectivity index (χ4n) is 5.27. The normalized spacial score (nSPS) is 14.3. The summed E-state index contributed by atoms with van der Waals surface area (Å²) in [5.41, 5.74) is 0. The van der Waals surface area contributed by atoms with Gasteiger partial charge in [0.05, 0.1) is 18.8 Å². The molecule has 1 amide bonds. The predicted molar refractivity (Wildman–Crippen MR) is 185 cm³/mol. The summed E-state index contributed by atoms with van der Waals surface area (Å²) in [6.45, 7) is 4.12. The minimum Gasteiger partial charge on any atom is -0.394 e. The third kappa shape index (κ3) is 29.1. The maximum absolute atomic E-state index is 12.3. The first-order chi connectivity index (χ1) is 21.1. The average molecular weight is 606 g/mol. The molecule has 0 aromatic carbocycles. The molecule has 0 saturated carbocycles. The molecule has 0 saturated heterocycles. The predicted octanol–water partition coefficient (Wildman–Crippen LogP) is 9.65. The fourth-order valence-corrected chi connectivity index (χ4v) is 5.27. The van der Waals surface area contributed by atoms with Crippen molar-refractivity contribution in [1.82, 2.24) is 5.32 Å². The lowest BCUT2D eigenvalue weighted by molar-refractivity contribution is -0.131. The fraction of sp³-hybridized carbons (Fsp3) is 0.816. The van der Waals surface area contributed by atoms with E-state index in [1.54, 1.807) is 6.08 Å². The molecule has 0 radical (unpaired) electrons. The number of allylic oxidation sites excluding steroid dienone is 5. The van der Waals surface area contributed by atoms with E-state index in [0.29, 0.717) is 6.42 Å². The van der Waals surface area contributed by atoms with E-state index in [4.69, 9.17) is 0 Å². The van der Waals surface area contributed by atoms with Crippen molar-refractivity contribution in [2.75, 3.05) is 6.61 Å². The van der Waals surface area contributed by atoms with Gasteiger partial charge in [-0.15, -0.1) is 0 Å². The Balaban J connectivity index is 3.81. The summed E-state index contributed by atoms with van der Waals surface area (Å²) in [5.74, 6) is -0.522. The summed E-state index contributed by atoms with van der Waals surface area (Å²) >= 11 is 0. The molecular formula is C38H71NO4. The number of carbonyl (C=O) groups is 1. The first-order valence-corrected chi connectivity index (χ1v) is 18.3. The number of nitrogens with one attached hydrogen (secondary N) is 1. The molecule has 0 aliphatic carbocycles. The molecule has 0 aliphatic heterocycles. The Hall–Kier alpha value is -1.43. The Morgan fingerprint density at radius 1 is 0.558 bits per heavy atom. The van der Waals surface area contributed by atoms with Gasteiger partial charge in [-0.2, -0.15) is 0 Å². The maximum Gasteiger partial charge on any atom is 0.249 e. The molecule has 0 spiro atoms. The van der Waals surface area contributed by atoms with E-state index in [1.165, 1.54) is 109 Å². The average Bonchev–Trinajstić information content (AvgIpc) is 3.01. The van der Waals surface area contributed by atoms with Crippen molar-refractivity contribution in [2.24, 2.45) is 0 Å². The largest absolute Gasteiger partial charge is 0.394 e. The highest BCUT2D eigenvalue weighted by atomic mass is 16.3. The van der Waals surface area contributed by atoms with Crippen molar-refractivity contribution in [3.63, 3.8) is 0 Å². The molecule has 0 aromatic rings. The van der Waals surface area contributed by atoms with Crippen LogP contribution in [-0.2, 0) is 4.79 Å². The van der Waals surface area contributed by atoms with E-state index in [1.807, 2.05) is 6.08 Å². The van der Waals surface area contributed by atoms with Crippen LogP contribution in [0.3, 0.4) is 0 Å². The topological polar surface area (TPSA) is 89.8 Å². The zero-order valence-electron chi connectivity index (χ0n) is 28.3. The molecule has 0 rings (SSSR count). The zero-order chi connectivity index (χ0) is 31.6. The Morgan fingerprint density at radius 2 is 0.953 bits per heavy atom. The number of carbonyl (C=O) groups excluding carboxylic acids is 1. The van der Waals surface area contributed by atoms with E-state index in [-0.39, 0.29) is 6.61 Å². The highest BCUT2D eigenvalue weighted by Gasteiger charge is 2.22. The maximum atomic E-state index is 12.3. The second-order valence-electron chi connectivity index (χ2n) is 12.4. The van der Waals surface area contributed by atoms with Crippen molar-refractivity contribution in [1.29, 1.82) is 0 Å². The van der Waals surface area contributed by atoms with Gasteiger partial charge < -0.3 is 20.6 Å². The van der Waals surface area contributed by atoms with Gasteiger partial charge in [0.2, 0.25) is 5.91 Å². The van der Waals surface area contributed by atoms with Gasteiger partial charge in [0.25, 0.3) is 0 Å². The molecule has 5 nitrogen and oxygen atoms in total. The number of rotatable bonds is 32. The lowest BCUT2D eigenvalue weighted by Gasteiger charge is -2.21. The molecule has 0 fully saturated rings. The van der Waals surface area contributed by atoms with E-state index in [0.717, 1.165) is 44.9 Å². The third-order valence-electron chi connectivity index (χ3n) is 8.21. The Kier molecular flexibility index (Phi) is 32.3. The van der Waals surface area contributed by atoms with Crippen LogP contribution < -0.4 is 5.32 Å². The van der Waals surface area contributed by atoms with Gasteiger partial charge in [0.15, 0.2) is 0 Å². The number of amides is 1. The summed E-state index contributed by atoms with van der Waals surface area (Å²) < 4.78 is 0. The summed E-state index contributed by atoms with van der Waals surface area (Å²) in [7, 11) is 0. The van der Waals surface area contributed by atoms with Crippen LogP contribution in [-0.4, -0.2) is 46.1 Å². The molecule has 0 aliphatic rings. The van der Waals surface area contributed by atoms with Gasteiger partial charge in [-0.05, 0) is 44.9 Å². The van der Waals surface area contributed by atoms with Crippen molar-refractivity contribution < 1.29 is 20.1 Å². The monoisotopic (exact) mass is 606 g/mol. The number of unbranched alkanes of at least 4 members (excludes halogenated alkanes) is 20. The van der Waals surface area contributed by atoms with Crippen LogP contribution in [0, 0.1) is 0 Å². The highest BCUT2D eigenvalue weighted by molar-refractivity contribution is 5.80. The smallest absolute Gasteiger partial charge is 0.249 e. The van der Waals surface area contributed by atoms with Crippen LogP contribution in [0.2, 0.25) is 0 Å². The van der Waals surface area contributed by atoms with Crippen molar-refractivity contribution >= 4 is 5.91 Å². The van der Waals surface area contributed by atoms with Gasteiger partial charge in [-0.3, -0.25) is 4.79 Å². The van der Waals surface area contributed by atoms with Crippen molar-refractivity contribution in [2.45, 2.75) is 193 Å². The molecule has 4 N–H and O–H groups in total. The SMILES string of the molecule is CCCCCCCCCCCC/C=C/CC/C=C/CC/C=C/C(O)C(CO)NC(=O)C(O)CCCCCCCCCCC. The molecule has 0 bridgehead atoms. The number of hydrogen-bond acceptors (Lipinski definition) is 4. The number of aliphatic hydroxyl groups excluding tert-OH is 3. The second-order valence-corrected chi connectivity index (χ2v) is 12.4. The molecule has 0 heterocycles. The van der Waals surface area contributed by atoms with Gasteiger partial charge in [0.1, 0.15) is 6.10 Å². The quantitative estimate of drug-likeness (QED) is 0.0454. The van der Waals surface area contributed by atoms with E-state index < -0.39 is 24.2 Å². The van der Waals surface area contributed by atoms with Crippen LogP contribution in [0.15, 0.2) is 36.5 Å². The molecule has 3 unspecified atom stereocenters. The summed E-state index contributed by atoms with van der Waals surface area (Å²) in [6, 6.07) is -0.816. The first kappa shape index (κ1) is 41.6. The standard InChI is InChI=1S/C38H71NO4/c1-3-5-7-9-11-13-14-15-16-17-18-19-20-21-22-23-25-26-28-30-32-36(41)35(34-40)39-38(43)37(42)33-31-29-27-24-12-10-8-6-4-2/h19-20,23,25,30,32,35-37,40-42H,3-18,21-22,24,26-29,31,33-34H2,1-2H3,(H,39,43)/b20-19+,25-23+,32-30+. The van der Waals surface area contributed by atoms with Crippen molar-refractivity contribution in [3.8, 4) is 0 Å². The number of hydrogen-bond donors (Lipinski definition) is 4. The van der Waals surface area contributed by atoms with Crippen LogP contribution in [0.4, 0.5) is 0 Å². The van der Waals surface area contributed by atoms with Gasteiger partial charge >= 0.3 is 0 Å². The molecule has 252 valence electrons. The molecular weight excluding hydrogens is 534 g/mol. The summed E-state index contributed by atoms with van der Waals surface area (Å²) in [4.78, 5) is 12.3. The summed E-state index contributed by atoms with van der Waals surface area (Å²) in [6.07, 6.45) is 40.3. The Bertz CT molecular complexity index is 675. The van der Waals surface area contributed by atoms with Crippen LogP contribution in [0.25, 0.3) is 0 Å². The highest BCUT2D eigenvalue weighted by Crippen LogP contribution is 2.13. The molecule has 3 atom stereocenters. The second kappa shape index (κ2) is 33.5. The minimum atomic E-state index is -1.10. The molecule has 5 heteroatoms. The first-order valence-electron chi connectivity index (χ1n) is 18.3. The lowest BCUT2D eigenvalue weighted by atomic mass is 10.0. The van der Waals surface area contributed by atoms with Crippen LogP contribution >= 0.6 is 0 Å². The van der Waals surface area contributed by atoms with Gasteiger partial charge in [-0.25, -0.2) is 0 Å². The molecule has 43 heavy (non-hydrogen) atoms. The Labute approximate surface area is 266 Å².